The number of hydrogen-bond donors (Lipinski definition) is 2. The van der Waals surface area contributed by atoms with E-state index < -0.39 is 0 Å². The number of methoxy groups -OCH3 is 1. The van der Waals surface area contributed by atoms with E-state index in [0.717, 1.165) is 37.1 Å². The van der Waals surface area contributed by atoms with Gasteiger partial charge in [0.1, 0.15) is 11.9 Å². The van der Waals surface area contributed by atoms with Crippen LogP contribution in [0.2, 0.25) is 0 Å². The van der Waals surface area contributed by atoms with Gasteiger partial charge in [-0.15, -0.1) is 5.10 Å². The lowest BCUT2D eigenvalue weighted by molar-refractivity contribution is 0.137. The summed E-state index contributed by atoms with van der Waals surface area (Å²) in [5.74, 6) is 0.741. The Morgan fingerprint density at radius 2 is 2.00 bits per heavy atom. The molecule has 0 bridgehead atoms. The van der Waals surface area contributed by atoms with Crippen molar-refractivity contribution in [2.75, 3.05) is 25.5 Å². The molecule has 32 heavy (non-hydrogen) atoms. The number of pyridine rings is 1. The Morgan fingerprint density at radius 3 is 2.66 bits per heavy atom. The highest BCUT2D eigenvalue weighted by Gasteiger charge is 2.23. The molecule has 1 aliphatic heterocycles. The standard InChI is InChI=1S/C22H26FN7OS/c1-14(24)25-22(32)29-12-9-17(10-13-29)26-21-27-20-18(4-3-11-30(20)28-21)19(31-2)15-5-7-16(23)8-6-15/h3-8,11,17,19H,9-10,12-13H2,1-2H3,(H,26,28)(H2,24,25,32). The van der Waals surface area contributed by atoms with E-state index in [1.165, 1.54) is 12.1 Å². The predicted molar refractivity (Wildman–Crippen MR) is 126 cm³/mol. The first-order chi connectivity index (χ1) is 15.4. The van der Waals surface area contributed by atoms with Crippen LogP contribution in [0.15, 0.2) is 47.6 Å². The van der Waals surface area contributed by atoms with Crippen LogP contribution < -0.4 is 11.1 Å². The zero-order valence-corrected chi connectivity index (χ0v) is 18.8. The molecular formula is C22H26FN7OS. The van der Waals surface area contributed by atoms with Gasteiger partial charge in [0.2, 0.25) is 5.95 Å². The van der Waals surface area contributed by atoms with Crippen molar-refractivity contribution in [3.05, 3.63) is 59.5 Å². The van der Waals surface area contributed by atoms with Gasteiger partial charge in [-0.1, -0.05) is 18.2 Å². The summed E-state index contributed by atoms with van der Waals surface area (Å²) in [6.45, 7) is 3.32. The molecule has 1 fully saturated rings. The largest absolute Gasteiger partial charge is 0.387 e. The van der Waals surface area contributed by atoms with Crippen LogP contribution in [0.1, 0.15) is 37.0 Å². The van der Waals surface area contributed by atoms with E-state index >= 15 is 0 Å². The third-order valence-electron chi connectivity index (χ3n) is 5.45. The molecule has 4 rings (SSSR count). The Kier molecular flexibility index (Phi) is 6.61. The third-order valence-corrected chi connectivity index (χ3v) is 5.80. The number of fused-ring (bicyclic) bond motifs is 1. The number of aliphatic imine (C=N–C) groups is 1. The molecule has 0 saturated carbocycles. The Bertz CT molecular complexity index is 1120. The van der Waals surface area contributed by atoms with Gasteiger partial charge in [-0.3, -0.25) is 0 Å². The van der Waals surface area contributed by atoms with Gasteiger partial charge in [-0.25, -0.2) is 13.9 Å². The number of nitrogens with two attached hydrogens (primary N) is 1. The van der Waals surface area contributed by atoms with Gasteiger partial charge in [0.15, 0.2) is 10.8 Å². The van der Waals surface area contributed by atoms with Crippen molar-refractivity contribution in [1.29, 1.82) is 0 Å². The zero-order chi connectivity index (χ0) is 22.7. The fraction of sp³-hybridized carbons (Fsp3) is 0.364. The lowest BCUT2D eigenvalue weighted by Crippen LogP contribution is -2.41. The van der Waals surface area contributed by atoms with Crippen molar-refractivity contribution in [2.45, 2.75) is 31.9 Å². The van der Waals surface area contributed by atoms with Crippen LogP contribution in [0, 0.1) is 5.82 Å². The number of nitrogens with zero attached hydrogens (tertiary/aromatic N) is 5. The SMILES string of the molecule is COC(c1ccc(F)cc1)c1cccn2nc(NC3CCN(C(=S)/N=C(/C)N)CC3)nc12. The van der Waals surface area contributed by atoms with Crippen molar-refractivity contribution in [2.24, 2.45) is 10.7 Å². The van der Waals surface area contributed by atoms with Gasteiger partial charge in [-0.2, -0.15) is 4.98 Å². The van der Waals surface area contributed by atoms with Crippen LogP contribution in [0.4, 0.5) is 10.3 Å². The summed E-state index contributed by atoms with van der Waals surface area (Å²) in [5.41, 5.74) is 8.03. The molecule has 1 unspecified atom stereocenters. The molecule has 1 saturated heterocycles. The minimum Gasteiger partial charge on any atom is -0.387 e. The van der Waals surface area contributed by atoms with Gasteiger partial charge in [-0.05, 0) is 55.7 Å². The summed E-state index contributed by atoms with van der Waals surface area (Å²) < 4.78 is 20.8. The number of amidine groups is 1. The molecule has 3 heterocycles. The molecule has 1 aromatic carbocycles. The van der Waals surface area contributed by atoms with Crippen molar-refractivity contribution < 1.29 is 9.13 Å². The van der Waals surface area contributed by atoms with Gasteiger partial charge in [0.05, 0.1) is 5.84 Å². The minimum atomic E-state index is -0.382. The first-order valence-electron chi connectivity index (χ1n) is 10.4. The molecule has 1 aliphatic rings. The van der Waals surface area contributed by atoms with Gasteiger partial charge in [0, 0.05) is 38.0 Å². The molecule has 0 spiro atoms. The minimum absolute atomic E-state index is 0.230. The Hall–Kier alpha value is -3.11. The van der Waals surface area contributed by atoms with Crippen molar-refractivity contribution in [1.82, 2.24) is 19.5 Å². The number of thiocarbonyl (C=S) groups is 1. The summed E-state index contributed by atoms with van der Waals surface area (Å²) in [6, 6.07) is 10.4. The normalized spacial score (nSPS) is 16.3. The maximum Gasteiger partial charge on any atom is 0.243 e. The Labute approximate surface area is 191 Å². The van der Waals surface area contributed by atoms with E-state index in [1.54, 1.807) is 30.7 Å². The molecule has 10 heteroatoms. The number of nitrogens with one attached hydrogen (secondary N) is 1. The summed E-state index contributed by atoms with van der Waals surface area (Å²) in [6.07, 6.45) is 3.24. The van der Waals surface area contributed by atoms with Crippen LogP contribution >= 0.6 is 12.2 Å². The topological polar surface area (TPSA) is 93.1 Å². The highest BCUT2D eigenvalue weighted by atomic mass is 32.1. The zero-order valence-electron chi connectivity index (χ0n) is 18.0. The van der Waals surface area contributed by atoms with Crippen molar-refractivity contribution >= 4 is 34.8 Å². The van der Waals surface area contributed by atoms with Gasteiger partial charge in [0.25, 0.3) is 0 Å². The first kappa shape index (κ1) is 22.1. The second kappa shape index (κ2) is 9.58. The predicted octanol–water partition coefficient (Wildman–Crippen LogP) is 3.14. The van der Waals surface area contributed by atoms with Crippen LogP contribution in [0.25, 0.3) is 5.65 Å². The van der Waals surface area contributed by atoms with Crippen LogP contribution in [0.5, 0.6) is 0 Å². The van der Waals surface area contributed by atoms with Gasteiger partial charge < -0.3 is 20.7 Å². The average Bonchev–Trinajstić information content (AvgIpc) is 3.19. The monoisotopic (exact) mass is 455 g/mol. The third kappa shape index (κ3) is 4.86. The first-order valence-corrected chi connectivity index (χ1v) is 10.8. The molecule has 0 amide bonds. The average molecular weight is 456 g/mol. The molecule has 2 aromatic heterocycles. The van der Waals surface area contributed by atoms with Crippen LogP contribution in [0.3, 0.4) is 0 Å². The molecule has 168 valence electrons. The summed E-state index contributed by atoms with van der Waals surface area (Å²) in [5, 5.41) is 8.56. The maximum absolute atomic E-state index is 13.4. The fourth-order valence-electron chi connectivity index (χ4n) is 3.89. The lowest BCUT2D eigenvalue weighted by atomic mass is 10.0. The molecular weight excluding hydrogens is 429 g/mol. The van der Waals surface area contributed by atoms with Crippen LogP contribution in [-0.4, -0.2) is 56.7 Å². The molecule has 1 atom stereocenters. The number of hydrogen-bond acceptors (Lipinski definition) is 5. The number of likely N-dealkylation sites (tertiary alicyclic amines) is 1. The van der Waals surface area contributed by atoms with E-state index in [-0.39, 0.29) is 18.0 Å². The van der Waals surface area contributed by atoms with E-state index in [1.807, 2.05) is 18.3 Å². The van der Waals surface area contributed by atoms with Crippen molar-refractivity contribution in [3.63, 3.8) is 0 Å². The van der Waals surface area contributed by atoms with E-state index in [0.29, 0.717) is 22.5 Å². The molecule has 3 aromatic rings. The molecule has 8 nitrogen and oxygen atoms in total. The summed E-state index contributed by atoms with van der Waals surface area (Å²) in [7, 11) is 1.63. The molecule has 3 N–H and O–H groups in total. The number of benzene rings is 1. The van der Waals surface area contributed by atoms with Crippen molar-refractivity contribution in [3.8, 4) is 0 Å². The summed E-state index contributed by atoms with van der Waals surface area (Å²) in [4.78, 5) is 11.0. The highest BCUT2D eigenvalue weighted by Crippen LogP contribution is 2.29. The molecule has 0 aliphatic carbocycles. The smallest absolute Gasteiger partial charge is 0.243 e. The van der Waals surface area contributed by atoms with Crippen LogP contribution in [-0.2, 0) is 4.74 Å². The Morgan fingerprint density at radius 1 is 1.28 bits per heavy atom. The lowest BCUT2D eigenvalue weighted by Gasteiger charge is -2.32. The number of anilines is 1. The van der Waals surface area contributed by atoms with E-state index in [4.69, 9.17) is 27.7 Å². The number of aromatic nitrogens is 3. The molecule has 0 radical (unpaired) electrons. The number of piperidine rings is 1. The van der Waals surface area contributed by atoms with Gasteiger partial charge >= 0.3 is 0 Å². The quantitative estimate of drug-likeness (QED) is 0.347. The fourth-order valence-corrected chi connectivity index (χ4v) is 4.22. The number of ether oxygens (including phenoxy) is 1. The highest BCUT2D eigenvalue weighted by molar-refractivity contribution is 7.80. The van der Waals surface area contributed by atoms with E-state index in [9.17, 15) is 4.39 Å². The Balaban J connectivity index is 1.49. The second-order valence-electron chi connectivity index (χ2n) is 7.78. The van der Waals surface area contributed by atoms with E-state index in [2.05, 4.69) is 20.3 Å². The number of rotatable bonds is 5. The summed E-state index contributed by atoms with van der Waals surface area (Å²) >= 11 is 5.34. The maximum atomic E-state index is 13.4. The second-order valence-corrected chi connectivity index (χ2v) is 8.14. The number of halogens is 1.